The van der Waals surface area contributed by atoms with Crippen molar-refractivity contribution in [1.29, 1.82) is 0 Å². The van der Waals surface area contributed by atoms with Gasteiger partial charge in [0.2, 0.25) is 0 Å². The lowest BCUT2D eigenvalue weighted by atomic mass is 9.70. The van der Waals surface area contributed by atoms with Crippen LogP contribution >= 0.6 is 0 Å². The smallest absolute Gasteiger partial charge is 0.0720 e. The van der Waals surface area contributed by atoms with Crippen LogP contribution in [0.15, 0.2) is 12.2 Å². The van der Waals surface area contributed by atoms with Crippen molar-refractivity contribution in [3.05, 3.63) is 12.2 Å². The SMILES string of the molecule is OC1/C=C\CC2CCC2CCC1. The van der Waals surface area contributed by atoms with Gasteiger partial charge in [-0.3, -0.25) is 0 Å². The number of aliphatic hydroxyl groups excluding tert-OH is 1. The summed E-state index contributed by atoms with van der Waals surface area (Å²) in [5, 5.41) is 9.45. The Bertz CT molecular complexity index is 174. The maximum absolute atomic E-state index is 9.45. The Morgan fingerprint density at radius 2 is 1.83 bits per heavy atom. The number of allylic oxidation sites excluding steroid dienone is 1. The van der Waals surface area contributed by atoms with Crippen molar-refractivity contribution in [2.75, 3.05) is 0 Å². The summed E-state index contributed by atoms with van der Waals surface area (Å²) in [6.45, 7) is 0. The zero-order chi connectivity index (χ0) is 8.39. The van der Waals surface area contributed by atoms with E-state index in [0.29, 0.717) is 0 Å². The van der Waals surface area contributed by atoms with Crippen molar-refractivity contribution in [2.24, 2.45) is 11.8 Å². The molecule has 1 fully saturated rings. The number of hydrogen-bond donors (Lipinski definition) is 1. The molecule has 0 heterocycles. The van der Waals surface area contributed by atoms with Crippen LogP contribution in [-0.4, -0.2) is 11.2 Å². The Balaban J connectivity index is 1.92. The molecule has 0 bridgehead atoms. The van der Waals surface area contributed by atoms with E-state index >= 15 is 0 Å². The Labute approximate surface area is 74.5 Å². The molecular weight excluding hydrogens is 148 g/mol. The molecule has 0 radical (unpaired) electrons. The molecule has 2 aliphatic carbocycles. The van der Waals surface area contributed by atoms with E-state index in [-0.39, 0.29) is 6.10 Å². The van der Waals surface area contributed by atoms with Gasteiger partial charge in [0, 0.05) is 0 Å². The highest BCUT2D eigenvalue weighted by Crippen LogP contribution is 2.40. The highest BCUT2D eigenvalue weighted by atomic mass is 16.3. The summed E-state index contributed by atoms with van der Waals surface area (Å²) in [5.74, 6) is 1.94. The van der Waals surface area contributed by atoms with Gasteiger partial charge in [-0.2, -0.15) is 0 Å². The van der Waals surface area contributed by atoms with E-state index in [4.69, 9.17) is 0 Å². The highest BCUT2D eigenvalue weighted by molar-refractivity contribution is 4.95. The molecule has 68 valence electrons. The van der Waals surface area contributed by atoms with Crippen LogP contribution in [0.5, 0.6) is 0 Å². The summed E-state index contributed by atoms with van der Waals surface area (Å²) in [5.41, 5.74) is 0. The summed E-state index contributed by atoms with van der Waals surface area (Å²) in [7, 11) is 0. The minimum atomic E-state index is -0.164. The van der Waals surface area contributed by atoms with Gasteiger partial charge in [-0.25, -0.2) is 0 Å². The number of rotatable bonds is 0. The number of fused-ring (bicyclic) bond motifs is 1. The fourth-order valence-electron chi connectivity index (χ4n) is 2.42. The Hall–Kier alpha value is -0.300. The highest BCUT2D eigenvalue weighted by Gasteiger charge is 2.29. The van der Waals surface area contributed by atoms with E-state index < -0.39 is 0 Å². The van der Waals surface area contributed by atoms with Crippen LogP contribution in [-0.2, 0) is 0 Å². The monoisotopic (exact) mass is 166 g/mol. The first kappa shape index (κ1) is 8.31. The van der Waals surface area contributed by atoms with Crippen LogP contribution in [0.1, 0.15) is 38.5 Å². The van der Waals surface area contributed by atoms with Gasteiger partial charge >= 0.3 is 0 Å². The van der Waals surface area contributed by atoms with Crippen molar-refractivity contribution in [2.45, 2.75) is 44.6 Å². The molecule has 1 N–H and O–H groups in total. The fourth-order valence-corrected chi connectivity index (χ4v) is 2.42. The van der Waals surface area contributed by atoms with E-state index in [1.54, 1.807) is 0 Å². The van der Waals surface area contributed by atoms with Crippen LogP contribution in [0.3, 0.4) is 0 Å². The van der Waals surface area contributed by atoms with Gasteiger partial charge in [0.05, 0.1) is 6.10 Å². The molecule has 1 saturated carbocycles. The third-order valence-electron chi connectivity index (χ3n) is 3.45. The van der Waals surface area contributed by atoms with Crippen LogP contribution in [0.2, 0.25) is 0 Å². The van der Waals surface area contributed by atoms with Crippen LogP contribution < -0.4 is 0 Å². The van der Waals surface area contributed by atoms with Crippen molar-refractivity contribution in [3.63, 3.8) is 0 Å². The molecule has 0 aromatic carbocycles. The molecule has 0 amide bonds. The molecular formula is C11H18O. The summed E-state index contributed by atoms with van der Waals surface area (Å²) in [4.78, 5) is 0. The molecule has 3 atom stereocenters. The fraction of sp³-hybridized carbons (Fsp3) is 0.818. The van der Waals surface area contributed by atoms with Gasteiger partial charge in [-0.05, 0) is 37.5 Å². The summed E-state index contributed by atoms with van der Waals surface area (Å²) in [6.07, 6.45) is 11.6. The molecule has 0 aliphatic heterocycles. The van der Waals surface area contributed by atoms with E-state index in [1.807, 2.05) is 6.08 Å². The van der Waals surface area contributed by atoms with E-state index in [1.165, 1.54) is 32.1 Å². The molecule has 12 heavy (non-hydrogen) atoms. The average Bonchev–Trinajstić information content (AvgIpc) is 2.07. The second-order valence-electron chi connectivity index (χ2n) is 4.26. The first-order valence-electron chi connectivity index (χ1n) is 5.21. The molecule has 1 nitrogen and oxygen atoms in total. The second kappa shape index (κ2) is 3.61. The normalized spacial score (nSPS) is 44.6. The molecule has 1 heteroatoms. The minimum Gasteiger partial charge on any atom is -0.389 e. The Morgan fingerprint density at radius 3 is 2.58 bits per heavy atom. The lowest BCUT2D eigenvalue weighted by Crippen LogP contribution is -2.24. The van der Waals surface area contributed by atoms with Gasteiger partial charge in [0.15, 0.2) is 0 Å². The topological polar surface area (TPSA) is 20.2 Å². The largest absolute Gasteiger partial charge is 0.389 e. The molecule has 0 aromatic rings. The van der Waals surface area contributed by atoms with Crippen molar-refractivity contribution in [3.8, 4) is 0 Å². The van der Waals surface area contributed by atoms with Crippen molar-refractivity contribution in [1.82, 2.24) is 0 Å². The van der Waals surface area contributed by atoms with E-state index in [0.717, 1.165) is 18.3 Å². The third kappa shape index (κ3) is 1.71. The summed E-state index contributed by atoms with van der Waals surface area (Å²) < 4.78 is 0. The molecule has 3 unspecified atom stereocenters. The van der Waals surface area contributed by atoms with Crippen molar-refractivity contribution < 1.29 is 5.11 Å². The van der Waals surface area contributed by atoms with E-state index in [2.05, 4.69) is 6.08 Å². The summed E-state index contributed by atoms with van der Waals surface area (Å²) in [6, 6.07) is 0. The molecule has 2 aliphatic rings. The predicted molar refractivity (Wildman–Crippen MR) is 49.8 cm³/mol. The molecule has 0 saturated heterocycles. The third-order valence-corrected chi connectivity index (χ3v) is 3.45. The molecule has 0 aromatic heterocycles. The predicted octanol–water partition coefficient (Wildman–Crippen LogP) is 2.50. The van der Waals surface area contributed by atoms with Gasteiger partial charge in [-0.15, -0.1) is 0 Å². The van der Waals surface area contributed by atoms with Crippen LogP contribution in [0.4, 0.5) is 0 Å². The molecule has 2 rings (SSSR count). The van der Waals surface area contributed by atoms with E-state index in [9.17, 15) is 5.11 Å². The number of aliphatic hydroxyl groups is 1. The van der Waals surface area contributed by atoms with Crippen LogP contribution in [0.25, 0.3) is 0 Å². The zero-order valence-electron chi connectivity index (χ0n) is 7.58. The average molecular weight is 166 g/mol. The maximum atomic E-state index is 9.45. The lowest BCUT2D eigenvalue weighted by molar-refractivity contribution is 0.155. The second-order valence-corrected chi connectivity index (χ2v) is 4.26. The van der Waals surface area contributed by atoms with Gasteiger partial charge in [-0.1, -0.05) is 25.0 Å². The van der Waals surface area contributed by atoms with Crippen molar-refractivity contribution >= 4 is 0 Å². The molecule has 0 spiro atoms. The zero-order valence-corrected chi connectivity index (χ0v) is 7.58. The van der Waals surface area contributed by atoms with Gasteiger partial charge in [0.1, 0.15) is 0 Å². The quantitative estimate of drug-likeness (QED) is 0.548. The lowest BCUT2D eigenvalue weighted by Gasteiger charge is -2.36. The first-order chi connectivity index (χ1) is 5.86. The Kier molecular flexibility index (Phi) is 2.50. The Morgan fingerprint density at radius 1 is 1.00 bits per heavy atom. The maximum Gasteiger partial charge on any atom is 0.0720 e. The number of hydrogen-bond acceptors (Lipinski definition) is 1. The summed E-state index contributed by atoms with van der Waals surface area (Å²) >= 11 is 0. The van der Waals surface area contributed by atoms with Gasteiger partial charge in [0.25, 0.3) is 0 Å². The standard InChI is InChI=1S/C11H18O/c12-11-5-1-3-9-7-8-10(9)4-2-6-11/h1,5,9-12H,2-4,6-8H2/b5-1-. The van der Waals surface area contributed by atoms with Crippen LogP contribution in [0, 0.1) is 11.8 Å². The first-order valence-corrected chi connectivity index (χ1v) is 5.21. The minimum absolute atomic E-state index is 0.164. The van der Waals surface area contributed by atoms with Gasteiger partial charge < -0.3 is 5.11 Å².